The molecule has 0 radical (unpaired) electrons. The Kier molecular flexibility index (Phi) is 8.84. The number of hydrogen-bond donors (Lipinski definition) is 1. The number of piperidine rings is 1. The number of fused-ring (bicyclic) bond motifs is 1. The highest BCUT2D eigenvalue weighted by molar-refractivity contribution is 8.00. The first-order chi connectivity index (χ1) is 19.7. The first kappa shape index (κ1) is 29.6. The van der Waals surface area contributed by atoms with Crippen LogP contribution in [0.25, 0.3) is 5.52 Å². The summed E-state index contributed by atoms with van der Waals surface area (Å²) in [6, 6.07) is 1.56. The highest BCUT2D eigenvalue weighted by atomic mass is 32.2. The van der Waals surface area contributed by atoms with E-state index in [0.29, 0.717) is 53.8 Å². The second-order valence-electron chi connectivity index (χ2n) is 13.2. The zero-order chi connectivity index (χ0) is 28.7. The van der Waals surface area contributed by atoms with E-state index in [1.165, 1.54) is 35.9 Å². The van der Waals surface area contributed by atoms with Crippen molar-refractivity contribution in [3.63, 3.8) is 0 Å². The summed E-state index contributed by atoms with van der Waals surface area (Å²) in [4.78, 5) is 16.0. The van der Waals surface area contributed by atoms with E-state index in [2.05, 4.69) is 17.1 Å². The van der Waals surface area contributed by atoms with E-state index in [-0.39, 0.29) is 17.2 Å². The lowest BCUT2D eigenvalue weighted by molar-refractivity contribution is -0.136. The van der Waals surface area contributed by atoms with Crippen molar-refractivity contribution in [2.75, 3.05) is 32.6 Å². The fourth-order valence-electron chi connectivity index (χ4n) is 8.10. The van der Waals surface area contributed by atoms with Crippen LogP contribution in [0, 0.1) is 23.7 Å². The number of ether oxygens (including phenoxy) is 1. The van der Waals surface area contributed by atoms with Crippen LogP contribution >= 0.6 is 11.8 Å². The van der Waals surface area contributed by atoms with Gasteiger partial charge in [0.15, 0.2) is 0 Å². The molecule has 1 N–H and O–H groups in total. The Hall–Kier alpha value is -1.49. The number of alkyl halides is 3. The predicted molar refractivity (Wildman–Crippen MR) is 157 cm³/mol. The van der Waals surface area contributed by atoms with Gasteiger partial charge >= 0.3 is 11.9 Å². The monoisotopic (exact) mass is 594 g/mol. The average molecular weight is 595 g/mol. The van der Waals surface area contributed by atoms with Crippen LogP contribution in [0.3, 0.4) is 0 Å². The minimum absolute atomic E-state index is 0.0219. The van der Waals surface area contributed by atoms with Crippen LogP contribution in [0.15, 0.2) is 23.3 Å². The van der Waals surface area contributed by atoms with E-state index < -0.39 is 11.7 Å². The largest absolute Gasteiger partial charge is 0.418 e. The van der Waals surface area contributed by atoms with Crippen molar-refractivity contribution in [3.8, 4) is 0 Å². The van der Waals surface area contributed by atoms with E-state index >= 15 is 0 Å². The molecule has 6 nitrogen and oxygen atoms in total. The van der Waals surface area contributed by atoms with Crippen LogP contribution in [0.2, 0.25) is 0 Å². The SMILES string of the molecule is COCC1CSC([C@H](C2CCC2)C2CCCC(n3cc4c(C(F)(F)F)cc(CN5CCC[C@H](C)C5)cn4c3=O)C2)N1. The van der Waals surface area contributed by atoms with E-state index in [0.717, 1.165) is 57.4 Å². The van der Waals surface area contributed by atoms with Gasteiger partial charge in [-0.1, -0.05) is 32.6 Å². The number of rotatable bonds is 8. The van der Waals surface area contributed by atoms with E-state index in [1.807, 2.05) is 11.8 Å². The Balaban J connectivity index is 1.27. The summed E-state index contributed by atoms with van der Waals surface area (Å²) in [7, 11) is 1.75. The number of imidazole rings is 1. The summed E-state index contributed by atoms with van der Waals surface area (Å²) >= 11 is 2.00. The summed E-state index contributed by atoms with van der Waals surface area (Å²) in [5.41, 5.74) is -0.503. The molecule has 2 aliphatic heterocycles. The fraction of sp³-hybridized carbons (Fsp3) is 0.774. The van der Waals surface area contributed by atoms with Gasteiger partial charge in [0.2, 0.25) is 0 Å². The Morgan fingerprint density at radius 3 is 2.59 bits per heavy atom. The maximum absolute atomic E-state index is 14.3. The molecule has 4 unspecified atom stereocenters. The van der Waals surface area contributed by atoms with Gasteiger partial charge in [-0.3, -0.25) is 19.2 Å². The molecule has 2 aromatic rings. The summed E-state index contributed by atoms with van der Waals surface area (Å²) < 4.78 is 51.3. The summed E-state index contributed by atoms with van der Waals surface area (Å²) in [6.07, 6.45) is 8.44. The molecular weight excluding hydrogens is 549 g/mol. The number of pyridine rings is 1. The van der Waals surface area contributed by atoms with Crippen molar-refractivity contribution in [1.82, 2.24) is 19.2 Å². The van der Waals surface area contributed by atoms with Gasteiger partial charge < -0.3 is 4.74 Å². The Bertz CT molecular complexity index is 1260. The van der Waals surface area contributed by atoms with Gasteiger partial charge in [0.05, 0.1) is 23.1 Å². The number of nitrogens with one attached hydrogen (secondary N) is 1. The quantitative estimate of drug-likeness (QED) is 0.396. The number of methoxy groups -OCH3 is 1. The van der Waals surface area contributed by atoms with Crippen LogP contribution < -0.4 is 11.0 Å². The Morgan fingerprint density at radius 1 is 1.10 bits per heavy atom. The van der Waals surface area contributed by atoms with Crippen molar-refractivity contribution < 1.29 is 17.9 Å². The van der Waals surface area contributed by atoms with Crippen LogP contribution in [-0.2, 0) is 17.5 Å². The average Bonchev–Trinajstić information content (AvgIpc) is 3.50. The molecule has 2 saturated heterocycles. The molecule has 0 aromatic carbocycles. The van der Waals surface area contributed by atoms with Crippen molar-refractivity contribution in [3.05, 3.63) is 40.1 Å². The zero-order valence-electron chi connectivity index (χ0n) is 24.4. The number of hydrogen-bond acceptors (Lipinski definition) is 5. The number of likely N-dealkylation sites (tertiary alicyclic amines) is 1. The second kappa shape index (κ2) is 12.2. The molecule has 41 heavy (non-hydrogen) atoms. The molecule has 2 aromatic heterocycles. The highest BCUT2D eigenvalue weighted by Gasteiger charge is 2.44. The summed E-state index contributed by atoms with van der Waals surface area (Å²) in [6.45, 7) is 5.09. The number of thioether (sulfide) groups is 1. The first-order valence-electron chi connectivity index (χ1n) is 15.6. The van der Waals surface area contributed by atoms with Gasteiger partial charge in [-0.2, -0.15) is 13.2 Å². The lowest BCUT2D eigenvalue weighted by Crippen LogP contribution is -2.45. The number of nitrogens with zero attached hydrogens (tertiary/aromatic N) is 3. The molecule has 4 heterocycles. The van der Waals surface area contributed by atoms with Crippen LogP contribution in [0.5, 0.6) is 0 Å². The molecule has 0 amide bonds. The second-order valence-corrected chi connectivity index (χ2v) is 14.4. The molecule has 4 aliphatic rings. The van der Waals surface area contributed by atoms with Crippen LogP contribution in [0.4, 0.5) is 13.2 Å². The normalized spacial score (nSPS) is 31.0. The summed E-state index contributed by atoms with van der Waals surface area (Å²) in [5.74, 6) is 3.24. The van der Waals surface area contributed by atoms with Gasteiger partial charge in [0, 0.05) is 50.4 Å². The molecule has 6 rings (SSSR count). The van der Waals surface area contributed by atoms with E-state index in [4.69, 9.17) is 4.74 Å². The third-order valence-electron chi connectivity index (χ3n) is 10.2. The van der Waals surface area contributed by atoms with Crippen molar-refractivity contribution >= 4 is 17.3 Å². The van der Waals surface area contributed by atoms with Crippen LogP contribution in [-0.4, -0.2) is 57.8 Å². The summed E-state index contributed by atoms with van der Waals surface area (Å²) in [5, 5.41) is 4.21. The molecule has 228 valence electrons. The van der Waals surface area contributed by atoms with Gasteiger partial charge in [-0.15, -0.1) is 11.8 Å². The van der Waals surface area contributed by atoms with Crippen molar-refractivity contribution in [2.24, 2.45) is 23.7 Å². The molecule has 4 fully saturated rings. The Labute approximate surface area is 245 Å². The topological polar surface area (TPSA) is 50.9 Å². The Morgan fingerprint density at radius 2 is 1.88 bits per heavy atom. The van der Waals surface area contributed by atoms with E-state index in [1.54, 1.807) is 17.9 Å². The third kappa shape index (κ3) is 6.27. The maximum Gasteiger partial charge on any atom is 0.418 e. The third-order valence-corrected chi connectivity index (χ3v) is 11.6. The number of halogens is 3. The standard InChI is InChI=1S/C31H45F3N4O2S/c1-20-6-5-11-36(14-20)15-21-12-26(31(32,33)34)27-17-37(30(39)38(27)16-21)25-10-4-9-23(13-25)28(22-7-3-8-22)29-35-24(18-40-2)19-41-29/h12,16-17,20,22-25,28-29,35H,3-11,13-15,18-19H2,1-2H3/t20-,23?,24?,25?,28+,29?/m0/s1. The molecule has 2 saturated carbocycles. The fourth-order valence-corrected chi connectivity index (χ4v) is 9.69. The molecular formula is C31H45F3N4O2S. The lowest BCUT2D eigenvalue weighted by Gasteiger charge is -2.44. The smallest absolute Gasteiger partial charge is 0.383 e. The van der Waals surface area contributed by atoms with Gasteiger partial charge in [-0.25, -0.2) is 4.79 Å². The predicted octanol–water partition coefficient (Wildman–Crippen LogP) is 6.18. The minimum Gasteiger partial charge on any atom is -0.383 e. The molecule has 2 aliphatic carbocycles. The molecule has 0 spiro atoms. The van der Waals surface area contributed by atoms with Gasteiger partial charge in [-0.05, 0) is 74.0 Å². The molecule has 0 bridgehead atoms. The maximum atomic E-state index is 14.3. The van der Waals surface area contributed by atoms with E-state index in [9.17, 15) is 18.0 Å². The highest BCUT2D eigenvalue weighted by Crippen LogP contribution is 2.49. The minimum atomic E-state index is -4.52. The van der Waals surface area contributed by atoms with Gasteiger partial charge in [0.25, 0.3) is 0 Å². The lowest BCUT2D eigenvalue weighted by atomic mass is 9.66. The van der Waals surface area contributed by atoms with Crippen molar-refractivity contribution in [2.45, 2.75) is 94.9 Å². The van der Waals surface area contributed by atoms with Crippen molar-refractivity contribution in [1.29, 1.82) is 0 Å². The first-order valence-corrected chi connectivity index (χ1v) is 16.7. The molecule has 10 heteroatoms. The van der Waals surface area contributed by atoms with Gasteiger partial charge in [0.1, 0.15) is 0 Å². The zero-order valence-corrected chi connectivity index (χ0v) is 25.2. The number of aromatic nitrogens is 2. The molecule has 6 atom stereocenters. The van der Waals surface area contributed by atoms with Crippen LogP contribution in [0.1, 0.15) is 81.9 Å².